The Balaban J connectivity index is 1.73. The minimum atomic E-state index is -0.135. The van der Waals surface area contributed by atoms with Crippen molar-refractivity contribution in [1.82, 2.24) is 4.90 Å². The molecule has 0 atom stereocenters. The number of thiophene rings is 1. The monoisotopic (exact) mass is 364 g/mol. The Bertz CT molecular complexity index is 762. The maximum atomic E-state index is 12.6. The van der Waals surface area contributed by atoms with Crippen molar-refractivity contribution in [3.8, 4) is 5.75 Å². The van der Waals surface area contributed by atoms with Crippen LogP contribution in [-0.4, -0.2) is 36.9 Å². The molecule has 0 radical (unpaired) electrons. The van der Waals surface area contributed by atoms with E-state index in [0.29, 0.717) is 28.9 Å². The molecule has 0 spiro atoms. The summed E-state index contributed by atoms with van der Waals surface area (Å²) in [5.41, 5.74) is 0.640. The van der Waals surface area contributed by atoms with Gasteiger partial charge >= 0.3 is 0 Å². The van der Waals surface area contributed by atoms with Crippen LogP contribution in [0.3, 0.4) is 0 Å². The molecule has 2 aromatic rings. The quantitative estimate of drug-likeness (QED) is 0.837. The van der Waals surface area contributed by atoms with Gasteiger partial charge in [0.25, 0.3) is 0 Å². The number of hydrogen-bond acceptors (Lipinski definition) is 4. The van der Waals surface area contributed by atoms with Crippen LogP contribution in [0.2, 0.25) is 4.34 Å². The summed E-state index contributed by atoms with van der Waals surface area (Å²) in [5, 5.41) is 0. The fourth-order valence-electron chi connectivity index (χ4n) is 2.51. The van der Waals surface area contributed by atoms with Crippen molar-refractivity contribution in [3.05, 3.63) is 45.6 Å². The molecule has 2 amide bonds. The molecule has 24 heavy (non-hydrogen) atoms. The minimum Gasteiger partial charge on any atom is -0.491 e. The average molecular weight is 365 g/mol. The molecule has 0 N–H and O–H groups in total. The van der Waals surface area contributed by atoms with Crippen LogP contribution < -0.4 is 9.64 Å². The summed E-state index contributed by atoms with van der Waals surface area (Å²) in [5.74, 6) is 0.384. The van der Waals surface area contributed by atoms with Crippen molar-refractivity contribution in [2.24, 2.45) is 0 Å². The average Bonchev–Trinajstić information content (AvgIpc) is 2.90. The van der Waals surface area contributed by atoms with Gasteiger partial charge in [0, 0.05) is 11.9 Å². The Labute approximate surface area is 149 Å². The van der Waals surface area contributed by atoms with Crippen molar-refractivity contribution in [1.29, 1.82) is 0 Å². The molecule has 0 fully saturated rings. The van der Waals surface area contributed by atoms with Crippen molar-refractivity contribution in [2.75, 3.05) is 25.1 Å². The number of fused-ring (bicyclic) bond motifs is 1. The second-order valence-electron chi connectivity index (χ2n) is 5.50. The molecular weight excluding hydrogens is 348 g/mol. The maximum Gasteiger partial charge on any atom is 0.242 e. The van der Waals surface area contributed by atoms with Crippen LogP contribution in [0.1, 0.15) is 11.3 Å². The third-order valence-corrected chi connectivity index (χ3v) is 4.99. The number of carbonyl (C=O) groups excluding carboxylic acids is 2. The summed E-state index contributed by atoms with van der Waals surface area (Å²) < 4.78 is 6.28. The Morgan fingerprint density at radius 3 is 2.88 bits per heavy atom. The van der Waals surface area contributed by atoms with Gasteiger partial charge in [0.15, 0.2) is 0 Å². The van der Waals surface area contributed by atoms with Gasteiger partial charge in [0.2, 0.25) is 11.8 Å². The molecule has 0 bridgehead atoms. The fourth-order valence-corrected chi connectivity index (χ4v) is 3.65. The van der Waals surface area contributed by atoms with E-state index in [9.17, 15) is 9.59 Å². The Morgan fingerprint density at radius 2 is 2.12 bits per heavy atom. The number of anilines is 1. The molecule has 1 aromatic carbocycles. The Kier molecular flexibility index (Phi) is 5.06. The molecule has 5 nitrogen and oxygen atoms in total. The second-order valence-corrected chi connectivity index (χ2v) is 7.30. The number of hydrogen-bond donors (Lipinski definition) is 0. The van der Waals surface area contributed by atoms with Crippen LogP contribution in [0.15, 0.2) is 36.4 Å². The summed E-state index contributed by atoms with van der Waals surface area (Å²) in [7, 11) is 1.72. The lowest BCUT2D eigenvalue weighted by molar-refractivity contribution is -0.130. The van der Waals surface area contributed by atoms with Gasteiger partial charge < -0.3 is 9.64 Å². The Hall–Kier alpha value is -2.05. The summed E-state index contributed by atoms with van der Waals surface area (Å²) in [6.07, 6.45) is 0.256. The van der Waals surface area contributed by atoms with Crippen molar-refractivity contribution in [3.63, 3.8) is 0 Å². The van der Waals surface area contributed by atoms with Gasteiger partial charge in [-0.3, -0.25) is 14.5 Å². The van der Waals surface area contributed by atoms with Crippen molar-refractivity contribution < 1.29 is 14.3 Å². The number of para-hydroxylation sites is 2. The molecular formula is C17H17ClN2O3S. The van der Waals surface area contributed by atoms with Gasteiger partial charge in [-0.05, 0) is 24.3 Å². The summed E-state index contributed by atoms with van der Waals surface area (Å²) >= 11 is 7.36. The number of likely N-dealkylation sites (N-methyl/N-ethyl adjacent to an activating group) is 1. The van der Waals surface area contributed by atoms with E-state index in [1.807, 2.05) is 30.3 Å². The molecule has 2 heterocycles. The topological polar surface area (TPSA) is 49.9 Å². The lowest BCUT2D eigenvalue weighted by atomic mass is 10.2. The smallest absolute Gasteiger partial charge is 0.242 e. The minimum absolute atomic E-state index is 0.00514. The van der Waals surface area contributed by atoms with E-state index >= 15 is 0 Å². The zero-order valence-electron chi connectivity index (χ0n) is 13.2. The van der Waals surface area contributed by atoms with Gasteiger partial charge in [0.05, 0.1) is 29.6 Å². The molecule has 1 aromatic heterocycles. The number of benzene rings is 1. The summed E-state index contributed by atoms with van der Waals surface area (Å²) in [6.45, 7) is 0.787. The van der Waals surface area contributed by atoms with Crippen LogP contribution in [0.4, 0.5) is 5.69 Å². The highest BCUT2D eigenvalue weighted by Gasteiger charge is 2.26. The number of ether oxygens (including phenoxy) is 1. The SMILES string of the molecule is CN(Cc1ccc(Cl)s1)C(=O)CN1C(=O)CCOc2ccccc21. The first-order chi connectivity index (χ1) is 11.5. The van der Waals surface area contributed by atoms with E-state index in [1.54, 1.807) is 18.0 Å². The van der Waals surface area contributed by atoms with Crippen LogP contribution in [-0.2, 0) is 16.1 Å². The zero-order chi connectivity index (χ0) is 17.1. The molecule has 126 valence electrons. The van der Waals surface area contributed by atoms with Crippen molar-refractivity contribution in [2.45, 2.75) is 13.0 Å². The molecule has 7 heteroatoms. The molecule has 0 unspecified atom stereocenters. The normalized spacial score (nSPS) is 13.9. The first-order valence-electron chi connectivity index (χ1n) is 7.55. The van der Waals surface area contributed by atoms with Gasteiger partial charge in [0.1, 0.15) is 12.3 Å². The van der Waals surface area contributed by atoms with E-state index in [2.05, 4.69) is 0 Å². The van der Waals surface area contributed by atoms with E-state index in [4.69, 9.17) is 16.3 Å². The molecule has 3 rings (SSSR count). The highest BCUT2D eigenvalue weighted by atomic mass is 35.5. The first-order valence-corrected chi connectivity index (χ1v) is 8.74. The predicted octanol–water partition coefficient (Wildman–Crippen LogP) is 3.18. The van der Waals surface area contributed by atoms with E-state index in [1.165, 1.54) is 16.2 Å². The van der Waals surface area contributed by atoms with E-state index in [-0.39, 0.29) is 24.8 Å². The van der Waals surface area contributed by atoms with E-state index in [0.717, 1.165) is 4.88 Å². The van der Waals surface area contributed by atoms with Gasteiger partial charge in [-0.1, -0.05) is 23.7 Å². The first kappa shape index (κ1) is 16.8. The predicted molar refractivity (Wildman–Crippen MR) is 94.7 cm³/mol. The highest BCUT2D eigenvalue weighted by Crippen LogP contribution is 2.31. The molecule has 1 aliphatic rings. The number of amides is 2. The van der Waals surface area contributed by atoms with Gasteiger partial charge in [-0.2, -0.15) is 0 Å². The molecule has 0 saturated carbocycles. The third kappa shape index (κ3) is 3.71. The second kappa shape index (κ2) is 7.23. The largest absolute Gasteiger partial charge is 0.491 e. The number of nitrogens with zero attached hydrogens (tertiary/aromatic N) is 2. The molecule has 0 aliphatic carbocycles. The van der Waals surface area contributed by atoms with Crippen molar-refractivity contribution >= 4 is 40.4 Å². The highest BCUT2D eigenvalue weighted by molar-refractivity contribution is 7.16. The maximum absolute atomic E-state index is 12.6. The third-order valence-electron chi connectivity index (χ3n) is 3.77. The molecule has 0 saturated heterocycles. The number of rotatable bonds is 4. The summed E-state index contributed by atoms with van der Waals surface area (Å²) in [6, 6.07) is 11.0. The Morgan fingerprint density at radius 1 is 1.33 bits per heavy atom. The zero-order valence-corrected chi connectivity index (χ0v) is 14.8. The van der Waals surface area contributed by atoms with Crippen LogP contribution in [0.25, 0.3) is 0 Å². The summed E-state index contributed by atoms with van der Waals surface area (Å²) in [4.78, 5) is 29.0. The number of carbonyl (C=O) groups is 2. The lowest BCUT2D eigenvalue weighted by Crippen LogP contribution is -2.41. The number of halogens is 1. The molecule has 1 aliphatic heterocycles. The van der Waals surface area contributed by atoms with E-state index < -0.39 is 0 Å². The van der Waals surface area contributed by atoms with Gasteiger partial charge in [-0.15, -0.1) is 11.3 Å². The van der Waals surface area contributed by atoms with Crippen LogP contribution in [0.5, 0.6) is 5.75 Å². The standard InChI is InChI=1S/C17H17ClN2O3S/c1-19(10-12-6-7-15(18)24-12)17(22)11-20-13-4-2-3-5-14(13)23-9-8-16(20)21/h2-7H,8-11H2,1H3. The lowest BCUT2D eigenvalue weighted by Gasteiger charge is -2.24. The van der Waals surface area contributed by atoms with Crippen LogP contribution in [0, 0.1) is 0 Å². The van der Waals surface area contributed by atoms with Crippen LogP contribution >= 0.6 is 22.9 Å². The van der Waals surface area contributed by atoms with Gasteiger partial charge in [-0.25, -0.2) is 0 Å². The fraction of sp³-hybridized carbons (Fsp3) is 0.294.